The molecule has 0 bridgehead atoms. The van der Waals surface area contributed by atoms with Gasteiger partial charge in [0, 0.05) is 0 Å². The second-order valence-electron chi connectivity index (χ2n) is 2.43. The van der Waals surface area contributed by atoms with E-state index in [1.165, 1.54) is 0 Å². The predicted molar refractivity (Wildman–Crippen MR) is 39.8 cm³/mol. The highest BCUT2D eigenvalue weighted by Gasteiger charge is 2.22. The second kappa shape index (κ2) is 2.11. The summed E-state index contributed by atoms with van der Waals surface area (Å²) >= 11 is 0. The molecule has 2 rings (SSSR count). The molecule has 0 radical (unpaired) electrons. The molecule has 0 aliphatic carbocycles. The summed E-state index contributed by atoms with van der Waals surface area (Å²) in [7, 11) is 0. The van der Waals surface area contributed by atoms with Gasteiger partial charge >= 0.3 is 0 Å². The van der Waals surface area contributed by atoms with Crippen molar-refractivity contribution in [3.05, 3.63) is 24.3 Å². The zero-order chi connectivity index (χ0) is 7.84. The molecule has 0 saturated carbocycles. The van der Waals surface area contributed by atoms with Gasteiger partial charge < -0.3 is 0 Å². The molecule has 0 amide bonds. The Morgan fingerprint density at radius 2 is 1.45 bits per heavy atom. The number of para-hydroxylation sites is 2. The van der Waals surface area contributed by atoms with E-state index in [0.29, 0.717) is 11.4 Å². The molecule has 1 aromatic carbocycles. The average Bonchev–Trinajstić information content (AvgIpc) is 2.30. The van der Waals surface area contributed by atoms with E-state index in [1.807, 2.05) is 0 Å². The van der Waals surface area contributed by atoms with Crippen molar-refractivity contribution in [1.82, 2.24) is 0 Å². The van der Waals surface area contributed by atoms with Crippen LogP contribution in [0.15, 0.2) is 24.3 Å². The first-order chi connectivity index (χ1) is 5.29. The predicted octanol–water partition coefficient (Wildman–Crippen LogP) is 1.05. The van der Waals surface area contributed by atoms with Crippen molar-refractivity contribution in [3.8, 4) is 0 Å². The highest BCUT2D eigenvalue weighted by molar-refractivity contribution is 5.73. The minimum Gasteiger partial charge on any atom is -0.287 e. The summed E-state index contributed by atoms with van der Waals surface area (Å²) in [5, 5.41) is 20.4. The number of hydrogen-bond acceptors (Lipinski definition) is 4. The first-order valence-corrected chi connectivity index (χ1v) is 3.31. The third-order valence-electron chi connectivity index (χ3n) is 1.71. The average molecular weight is 152 g/mol. The van der Waals surface area contributed by atoms with Crippen LogP contribution < -0.4 is 10.1 Å². The van der Waals surface area contributed by atoms with Crippen molar-refractivity contribution in [2.45, 2.75) is 0 Å². The van der Waals surface area contributed by atoms with Crippen LogP contribution in [-0.4, -0.2) is 17.1 Å². The molecule has 1 heterocycles. The summed E-state index contributed by atoms with van der Waals surface area (Å²) in [6, 6.07) is 7.10. The van der Waals surface area contributed by atoms with Gasteiger partial charge in [0.05, 0.1) is 11.4 Å². The van der Waals surface area contributed by atoms with Crippen LogP contribution in [0.4, 0.5) is 11.4 Å². The fourth-order valence-corrected chi connectivity index (χ4v) is 1.18. The van der Waals surface area contributed by atoms with Gasteiger partial charge in [-0.15, -0.1) is 0 Å². The molecule has 58 valence electrons. The van der Waals surface area contributed by atoms with Crippen molar-refractivity contribution in [2.24, 2.45) is 0 Å². The van der Waals surface area contributed by atoms with E-state index >= 15 is 0 Å². The van der Waals surface area contributed by atoms with Crippen LogP contribution in [0.2, 0.25) is 0 Å². The number of nitrogens with zero attached hydrogens (tertiary/aromatic N) is 2. The summed E-state index contributed by atoms with van der Waals surface area (Å²) in [4.78, 5) is 0. The Hall–Kier alpha value is -1.26. The van der Waals surface area contributed by atoms with Crippen LogP contribution in [0, 0.1) is 0 Å². The number of benzene rings is 1. The van der Waals surface area contributed by atoms with Gasteiger partial charge in [-0.25, -0.2) is 10.1 Å². The number of hydroxylamine groups is 2. The Morgan fingerprint density at radius 1 is 1.00 bits per heavy atom. The number of fused-ring (bicyclic) bond motifs is 1. The zero-order valence-corrected chi connectivity index (χ0v) is 5.81. The first kappa shape index (κ1) is 6.45. The minimum atomic E-state index is 0.110. The monoisotopic (exact) mass is 152 g/mol. The number of rotatable bonds is 0. The Bertz CT molecular complexity index is 250. The largest absolute Gasteiger partial charge is 0.287 e. The molecule has 11 heavy (non-hydrogen) atoms. The molecule has 2 N–H and O–H groups in total. The molecular formula is C7H8N2O2. The third kappa shape index (κ3) is 0.840. The standard InChI is InChI=1S/C7H8N2O2/c10-8-5-9(11)7-4-2-1-3-6(7)8/h1-4,10-11H,5H2. The molecule has 0 saturated heterocycles. The van der Waals surface area contributed by atoms with Crippen molar-refractivity contribution in [2.75, 3.05) is 16.8 Å². The van der Waals surface area contributed by atoms with Crippen LogP contribution >= 0.6 is 0 Å². The van der Waals surface area contributed by atoms with Crippen molar-refractivity contribution in [3.63, 3.8) is 0 Å². The summed E-state index contributed by atoms with van der Waals surface area (Å²) in [6.45, 7) is 0.110. The Morgan fingerprint density at radius 3 is 1.91 bits per heavy atom. The molecule has 1 aliphatic rings. The lowest BCUT2D eigenvalue weighted by Gasteiger charge is -2.07. The Balaban J connectivity index is 2.52. The van der Waals surface area contributed by atoms with Gasteiger partial charge in [0.1, 0.15) is 6.67 Å². The smallest absolute Gasteiger partial charge is 0.142 e. The van der Waals surface area contributed by atoms with Gasteiger partial charge in [-0.1, -0.05) is 12.1 Å². The molecule has 0 atom stereocenters. The minimum absolute atomic E-state index is 0.110. The van der Waals surface area contributed by atoms with Crippen LogP contribution in [-0.2, 0) is 0 Å². The SMILES string of the molecule is ON1CN(O)c2ccccc21. The maximum Gasteiger partial charge on any atom is 0.142 e. The molecule has 4 nitrogen and oxygen atoms in total. The van der Waals surface area contributed by atoms with E-state index in [0.717, 1.165) is 10.1 Å². The molecule has 4 heteroatoms. The van der Waals surface area contributed by atoms with Gasteiger partial charge in [0.2, 0.25) is 0 Å². The van der Waals surface area contributed by atoms with Crippen LogP contribution in [0.3, 0.4) is 0 Å². The Kier molecular flexibility index (Phi) is 1.24. The molecule has 0 fully saturated rings. The van der Waals surface area contributed by atoms with Crippen LogP contribution in [0.1, 0.15) is 0 Å². The summed E-state index contributed by atoms with van der Waals surface area (Å²) in [6.07, 6.45) is 0. The first-order valence-electron chi connectivity index (χ1n) is 3.31. The topological polar surface area (TPSA) is 46.9 Å². The lowest BCUT2D eigenvalue weighted by atomic mass is 10.3. The normalized spacial score (nSPS) is 15.5. The van der Waals surface area contributed by atoms with Crippen molar-refractivity contribution < 1.29 is 10.4 Å². The third-order valence-corrected chi connectivity index (χ3v) is 1.71. The van der Waals surface area contributed by atoms with Crippen molar-refractivity contribution in [1.29, 1.82) is 0 Å². The maximum atomic E-state index is 9.18. The van der Waals surface area contributed by atoms with Gasteiger partial charge in [0.15, 0.2) is 0 Å². The zero-order valence-electron chi connectivity index (χ0n) is 5.81. The highest BCUT2D eigenvalue weighted by Crippen LogP contribution is 2.32. The summed E-state index contributed by atoms with van der Waals surface area (Å²) < 4.78 is 0. The molecule has 1 aliphatic heterocycles. The fraction of sp³-hybridized carbons (Fsp3) is 0.143. The van der Waals surface area contributed by atoms with E-state index in [2.05, 4.69) is 0 Å². The van der Waals surface area contributed by atoms with Gasteiger partial charge in [0.25, 0.3) is 0 Å². The van der Waals surface area contributed by atoms with E-state index in [1.54, 1.807) is 24.3 Å². The summed E-state index contributed by atoms with van der Waals surface area (Å²) in [5.74, 6) is 0. The molecule has 1 aromatic rings. The number of hydrogen-bond donors (Lipinski definition) is 2. The van der Waals surface area contributed by atoms with Crippen LogP contribution in [0.5, 0.6) is 0 Å². The molecular weight excluding hydrogens is 144 g/mol. The van der Waals surface area contributed by atoms with E-state index < -0.39 is 0 Å². The molecule has 0 unspecified atom stereocenters. The lowest BCUT2D eigenvalue weighted by Crippen LogP contribution is -2.25. The fourth-order valence-electron chi connectivity index (χ4n) is 1.18. The molecule has 0 spiro atoms. The van der Waals surface area contributed by atoms with E-state index in [9.17, 15) is 10.4 Å². The van der Waals surface area contributed by atoms with Gasteiger partial charge in [-0.2, -0.15) is 0 Å². The molecule has 0 aromatic heterocycles. The quantitative estimate of drug-likeness (QED) is 0.583. The van der Waals surface area contributed by atoms with Crippen LogP contribution in [0.25, 0.3) is 0 Å². The highest BCUT2D eigenvalue weighted by atomic mass is 16.6. The Labute approximate surface area is 63.8 Å². The van der Waals surface area contributed by atoms with E-state index in [4.69, 9.17) is 0 Å². The van der Waals surface area contributed by atoms with E-state index in [-0.39, 0.29) is 6.67 Å². The second-order valence-corrected chi connectivity index (χ2v) is 2.43. The summed E-state index contributed by atoms with van der Waals surface area (Å²) in [5.41, 5.74) is 1.27. The van der Waals surface area contributed by atoms with Gasteiger partial charge in [-0.3, -0.25) is 10.4 Å². The number of anilines is 2. The van der Waals surface area contributed by atoms with Gasteiger partial charge in [-0.05, 0) is 12.1 Å². The van der Waals surface area contributed by atoms with Crippen molar-refractivity contribution >= 4 is 11.4 Å². The lowest BCUT2D eigenvalue weighted by molar-refractivity contribution is 0.203. The maximum absolute atomic E-state index is 9.18.